The van der Waals surface area contributed by atoms with Gasteiger partial charge in [0.1, 0.15) is 5.82 Å². The molecule has 3 heterocycles. The Morgan fingerprint density at radius 3 is 2.11 bits per heavy atom. The third kappa shape index (κ3) is 4.28. The molecule has 7 aromatic carbocycles. The maximum absolute atomic E-state index is 4.83. The van der Waals surface area contributed by atoms with Crippen molar-refractivity contribution in [1.82, 2.24) is 9.88 Å². The summed E-state index contributed by atoms with van der Waals surface area (Å²) in [6, 6.07) is 50.2. The zero-order chi connectivity index (χ0) is 35.3. The number of nitrogens with zero attached hydrogens (tertiary/aromatic N) is 3. The molecule has 0 spiro atoms. The minimum atomic E-state index is 0.0773. The molecule has 256 valence electrons. The summed E-state index contributed by atoms with van der Waals surface area (Å²) in [5.74, 6) is 1.70. The highest BCUT2D eigenvalue weighted by Gasteiger charge is 2.41. The highest BCUT2D eigenvalue weighted by Crippen LogP contribution is 2.52. The summed E-state index contributed by atoms with van der Waals surface area (Å²) in [7, 11) is 0. The van der Waals surface area contributed by atoms with E-state index < -0.39 is 0 Å². The first-order valence-corrected chi connectivity index (χ1v) is 19.1. The summed E-state index contributed by atoms with van der Waals surface area (Å²) < 4.78 is 2.34. The molecule has 2 aliphatic carbocycles. The van der Waals surface area contributed by atoms with Gasteiger partial charge in [-0.1, -0.05) is 127 Å². The van der Waals surface area contributed by atoms with E-state index in [1.54, 1.807) is 0 Å². The predicted octanol–water partition coefficient (Wildman–Crippen LogP) is 11.9. The van der Waals surface area contributed by atoms with E-state index >= 15 is 0 Å². The molecule has 12 rings (SSSR count). The fraction of sp³-hybridized carbons (Fsp3) is 0.100. The van der Waals surface area contributed by atoms with Crippen molar-refractivity contribution in [1.29, 1.82) is 0 Å². The van der Waals surface area contributed by atoms with Gasteiger partial charge in [0.05, 0.1) is 35.0 Å². The molecule has 4 heteroatoms. The van der Waals surface area contributed by atoms with Gasteiger partial charge in [0.2, 0.25) is 0 Å². The molecule has 0 saturated heterocycles. The second-order valence-electron chi connectivity index (χ2n) is 15.1. The van der Waals surface area contributed by atoms with Crippen molar-refractivity contribution in [3.05, 3.63) is 187 Å². The number of anilines is 2. The Hall–Kier alpha value is -6.65. The second-order valence-corrected chi connectivity index (χ2v) is 15.1. The smallest absolute Gasteiger partial charge is 0.130 e. The van der Waals surface area contributed by atoms with Crippen LogP contribution >= 0.6 is 0 Å². The first-order chi connectivity index (χ1) is 26.8. The minimum Gasteiger partial charge on any atom is -0.358 e. The Morgan fingerprint density at radius 2 is 1.28 bits per heavy atom. The fourth-order valence-electron chi connectivity index (χ4n) is 9.95. The maximum Gasteiger partial charge on any atom is 0.130 e. The number of benzene rings is 7. The van der Waals surface area contributed by atoms with Crippen molar-refractivity contribution in [2.75, 3.05) is 4.90 Å². The van der Waals surface area contributed by atoms with Crippen LogP contribution in [0.2, 0.25) is 0 Å². The largest absolute Gasteiger partial charge is 0.358 e. The number of hydrogen-bond donors (Lipinski definition) is 1. The van der Waals surface area contributed by atoms with E-state index in [0.717, 1.165) is 18.0 Å². The topological polar surface area (TPSA) is 32.6 Å². The lowest BCUT2D eigenvalue weighted by Gasteiger charge is -2.33. The molecule has 0 fully saturated rings. The number of aliphatic imine (C=N–C) groups is 1. The summed E-state index contributed by atoms with van der Waals surface area (Å²) in [5, 5.41) is 14.1. The Labute approximate surface area is 313 Å². The van der Waals surface area contributed by atoms with Gasteiger partial charge in [-0.05, 0) is 92.3 Å². The Kier molecular flexibility index (Phi) is 6.32. The quantitative estimate of drug-likeness (QED) is 0.148. The van der Waals surface area contributed by atoms with Gasteiger partial charge in [-0.2, -0.15) is 0 Å². The molecule has 54 heavy (non-hydrogen) atoms. The van der Waals surface area contributed by atoms with Crippen LogP contribution in [0, 0.1) is 0 Å². The highest BCUT2D eigenvalue weighted by atomic mass is 15.2. The van der Waals surface area contributed by atoms with Gasteiger partial charge in [-0.25, -0.2) is 0 Å². The Bertz CT molecular complexity index is 3010. The van der Waals surface area contributed by atoms with Crippen LogP contribution in [0.15, 0.2) is 181 Å². The molecule has 1 aromatic heterocycles. The fourth-order valence-corrected chi connectivity index (χ4v) is 9.95. The van der Waals surface area contributed by atoms with Crippen molar-refractivity contribution in [2.24, 2.45) is 4.99 Å². The average Bonchev–Trinajstić information content (AvgIpc) is 3.75. The van der Waals surface area contributed by atoms with E-state index in [0.29, 0.717) is 11.8 Å². The molecular weight excluding hydrogens is 657 g/mol. The van der Waals surface area contributed by atoms with Gasteiger partial charge in [0.15, 0.2) is 0 Å². The third-order valence-corrected chi connectivity index (χ3v) is 12.4. The number of fused-ring (bicyclic) bond motifs is 13. The zero-order valence-electron chi connectivity index (χ0n) is 29.6. The molecule has 1 N–H and O–H groups in total. The predicted molar refractivity (Wildman–Crippen MR) is 227 cm³/mol. The van der Waals surface area contributed by atoms with Crippen molar-refractivity contribution < 1.29 is 0 Å². The molecule has 0 amide bonds. The molecule has 0 radical (unpaired) electrons. The van der Waals surface area contributed by atoms with Crippen molar-refractivity contribution >= 4 is 77.0 Å². The molecule has 4 aliphatic rings. The van der Waals surface area contributed by atoms with Crippen LogP contribution in [0.4, 0.5) is 11.4 Å². The minimum absolute atomic E-state index is 0.0773. The van der Waals surface area contributed by atoms with Gasteiger partial charge in [-0.3, -0.25) is 9.56 Å². The zero-order valence-corrected chi connectivity index (χ0v) is 29.6. The van der Waals surface area contributed by atoms with Crippen molar-refractivity contribution in [3.63, 3.8) is 0 Å². The number of nitrogens with one attached hydrogen (secondary N) is 1. The van der Waals surface area contributed by atoms with Gasteiger partial charge >= 0.3 is 0 Å². The third-order valence-electron chi connectivity index (χ3n) is 12.4. The van der Waals surface area contributed by atoms with E-state index in [1.165, 1.54) is 76.6 Å². The highest BCUT2D eigenvalue weighted by molar-refractivity contribution is 6.25. The van der Waals surface area contributed by atoms with Gasteiger partial charge in [0.25, 0.3) is 0 Å². The molecule has 8 aromatic rings. The van der Waals surface area contributed by atoms with Crippen LogP contribution in [0.5, 0.6) is 0 Å². The van der Waals surface area contributed by atoms with Crippen LogP contribution < -0.4 is 10.2 Å². The lowest BCUT2D eigenvalue weighted by atomic mass is 9.78. The molecular formula is C50H36N4. The van der Waals surface area contributed by atoms with E-state index in [2.05, 4.69) is 179 Å². The monoisotopic (exact) mass is 692 g/mol. The number of hydrogen-bond acceptors (Lipinski definition) is 3. The van der Waals surface area contributed by atoms with E-state index in [9.17, 15) is 0 Å². The molecule has 4 unspecified atom stereocenters. The number of para-hydroxylation sites is 2. The summed E-state index contributed by atoms with van der Waals surface area (Å²) in [4.78, 5) is 7.43. The summed E-state index contributed by atoms with van der Waals surface area (Å²) in [6.45, 7) is 0. The number of rotatable bonds is 3. The van der Waals surface area contributed by atoms with Gasteiger partial charge in [0, 0.05) is 34.0 Å². The Morgan fingerprint density at radius 1 is 0.574 bits per heavy atom. The summed E-state index contributed by atoms with van der Waals surface area (Å²) in [6.07, 6.45) is 16.4. The standard InChI is InChI=1S/C50H36N4/c1-2-13-36-34(11-1)35-12-3-4-14-37(35)41-29-33(23-24-38(36)41)53-46-19-9-5-15-39(46)42-27-31(21-25-48(42)53)32-22-26-49-43(28-32)40-16-6-10-20-47(40)54(49)50-30-51-44-17-7-8-18-45(44)52-50/h1-26,28-31,42,45,48,52H,27H2. The van der Waals surface area contributed by atoms with Crippen LogP contribution in [0.3, 0.4) is 0 Å². The number of allylic oxidation sites excluding steroid dienone is 3. The molecule has 0 saturated carbocycles. The lowest BCUT2D eigenvalue weighted by Crippen LogP contribution is -2.37. The van der Waals surface area contributed by atoms with E-state index in [1.807, 2.05) is 12.3 Å². The van der Waals surface area contributed by atoms with Crippen LogP contribution in [-0.4, -0.2) is 22.4 Å². The Balaban J connectivity index is 0.948. The van der Waals surface area contributed by atoms with Crippen LogP contribution in [0.1, 0.15) is 29.4 Å². The molecule has 2 aliphatic heterocycles. The van der Waals surface area contributed by atoms with Crippen molar-refractivity contribution in [3.8, 4) is 0 Å². The second kappa shape index (κ2) is 11.4. The van der Waals surface area contributed by atoms with Crippen LogP contribution in [-0.2, 0) is 0 Å². The van der Waals surface area contributed by atoms with Crippen molar-refractivity contribution in [2.45, 2.75) is 30.3 Å². The maximum atomic E-state index is 4.83. The van der Waals surface area contributed by atoms with E-state index in [-0.39, 0.29) is 12.1 Å². The summed E-state index contributed by atoms with van der Waals surface area (Å²) >= 11 is 0. The molecule has 4 nitrogen and oxygen atoms in total. The first kappa shape index (κ1) is 29.9. The molecule has 0 bridgehead atoms. The van der Waals surface area contributed by atoms with Crippen LogP contribution in [0.25, 0.3) is 59.9 Å². The van der Waals surface area contributed by atoms with Gasteiger partial charge < -0.3 is 10.2 Å². The normalized spacial score (nSPS) is 21.4. The first-order valence-electron chi connectivity index (χ1n) is 19.1. The average molecular weight is 693 g/mol. The van der Waals surface area contributed by atoms with E-state index in [4.69, 9.17) is 4.99 Å². The van der Waals surface area contributed by atoms with Gasteiger partial charge in [-0.15, -0.1) is 0 Å². The lowest BCUT2D eigenvalue weighted by molar-refractivity contribution is 0.533. The molecule has 4 atom stereocenters. The summed E-state index contributed by atoms with van der Waals surface area (Å²) in [5.41, 5.74) is 8.81. The number of aromatic nitrogens is 1. The SMILES string of the molecule is C1=CC2=NC=C(n3c4ccccc4c4cc(C5C=CC6C(C5)c5ccccc5N6c5ccc6c7ccccc7c7ccccc7c6c5)ccc43)NC2C=C1.